The van der Waals surface area contributed by atoms with Gasteiger partial charge in [0, 0.05) is 12.1 Å². The third-order valence-corrected chi connectivity index (χ3v) is 4.06. The van der Waals surface area contributed by atoms with Gasteiger partial charge in [0.05, 0.1) is 12.8 Å². The Morgan fingerprint density at radius 1 is 1.37 bits per heavy atom. The van der Waals surface area contributed by atoms with Crippen molar-refractivity contribution in [1.82, 2.24) is 5.01 Å². The molecular weight excluding hydrogens is 367 g/mol. The van der Waals surface area contributed by atoms with E-state index in [2.05, 4.69) is 10.4 Å². The fourth-order valence-corrected chi connectivity index (χ4v) is 2.59. The Morgan fingerprint density at radius 2 is 2.04 bits per heavy atom. The molecule has 0 unspecified atom stereocenters. The molecule has 0 aromatic heterocycles. The SMILES string of the molecule is CCCCC1=NN(C(=O)C(=O)Nc2ccccc2OC)[C@](O)(C(F)(F)F)C1. The maximum Gasteiger partial charge on any atom is 0.438 e. The maximum atomic E-state index is 13.4. The number of unbranched alkanes of at least 4 members (excludes halogenated alkanes) is 1. The second-order valence-electron chi connectivity index (χ2n) is 6.03. The number of halogens is 3. The summed E-state index contributed by atoms with van der Waals surface area (Å²) in [7, 11) is 1.33. The highest BCUT2D eigenvalue weighted by Crippen LogP contribution is 2.41. The summed E-state index contributed by atoms with van der Waals surface area (Å²) < 4.78 is 45.2. The van der Waals surface area contributed by atoms with Crippen LogP contribution in [0.4, 0.5) is 18.9 Å². The Bertz CT molecular complexity index is 751. The van der Waals surface area contributed by atoms with E-state index < -0.39 is 30.1 Å². The van der Waals surface area contributed by atoms with Gasteiger partial charge in [-0.2, -0.15) is 23.3 Å². The molecule has 2 amide bonds. The molecule has 0 bridgehead atoms. The Kier molecular flexibility index (Phi) is 6.09. The summed E-state index contributed by atoms with van der Waals surface area (Å²) in [6.07, 6.45) is -4.63. The van der Waals surface area contributed by atoms with Crippen molar-refractivity contribution >= 4 is 23.2 Å². The number of aliphatic hydroxyl groups is 1. The summed E-state index contributed by atoms with van der Waals surface area (Å²) in [5.41, 5.74) is -3.44. The lowest BCUT2D eigenvalue weighted by molar-refractivity contribution is -0.301. The highest BCUT2D eigenvalue weighted by atomic mass is 19.4. The first-order chi connectivity index (χ1) is 12.6. The van der Waals surface area contributed by atoms with Crippen molar-refractivity contribution in [3.05, 3.63) is 24.3 Å². The fourth-order valence-electron chi connectivity index (χ4n) is 2.59. The summed E-state index contributed by atoms with van der Waals surface area (Å²) in [5.74, 6) is -2.77. The maximum absolute atomic E-state index is 13.4. The molecule has 2 N–H and O–H groups in total. The molecule has 1 aliphatic rings. The molecule has 0 saturated carbocycles. The summed E-state index contributed by atoms with van der Waals surface area (Å²) in [6.45, 7) is 1.84. The van der Waals surface area contributed by atoms with Crippen LogP contribution in [0.25, 0.3) is 0 Å². The van der Waals surface area contributed by atoms with E-state index in [0.717, 1.165) is 0 Å². The van der Waals surface area contributed by atoms with Gasteiger partial charge in [0.2, 0.25) is 0 Å². The molecule has 0 spiro atoms. The molecule has 0 fully saturated rings. The predicted molar refractivity (Wildman–Crippen MR) is 91.1 cm³/mol. The summed E-state index contributed by atoms with van der Waals surface area (Å²) in [4.78, 5) is 24.5. The van der Waals surface area contributed by atoms with Crippen LogP contribution in [0.2, 0.25) is 0 Å². The van der Waals surface area contributed by atoms with Gasteiger partial charge < -0.3 is 15.2 Å². The Labute approximate surface area is 153 Å². The van der Waals surface area contributed by atoms with E-state index in [0.29, 0.717) is 12.8 Å². The number of nitrogens with one attached hydrogen (secondary N) is 1. The molecule has 1 aromatic carbocycles. The number of methoxy groups -OCH3 is 1. The van der Waals surface area contributed by atoms with Crippen LogP contribution in [0.1, 0.15) is 32.6 Å². The smallest absolute Gasteiger partial charge is 0.438 e. The average Bonchev–Trinajstić information content (AvgIpc) is 2.97. The van der Waals surface area contributed by atoms with Crippen LogP contribution in [-0.2, 0) is 9.59 Å². The van der Waals surface area contributed by atoms with E-state index >= 15 is 0 Å². The predicted octanol–water partition coefficient (Wildman–Crippen LogP) is 2.66. The number of hydrogen-bond donors (Lipinski definition) is 2. The number of rotatable bonds is 5. The van der Waals surface area contributed by atoms with Crippen molar-refractivity contribution in [2.75, 3.05) is 12.4 Å². The topological polar surface area (TPSA) is 91.2 Å². The third-order valence-electron chi connectivity index (χ3n) is 4.06. The van der Waals surface area contributed by atoms with E-state index in [1.807, 2.05) is 6.92 Å². The molecule has 148 valence electrons. The molecule has 1 aromatic rings. The average molecular weight is 387 g/mol. The normalized spacial score (nSPS) is 19.6. The zero-order chi connectivity index (χ0) is 20.2. The number of hydrogen-bond acceptors (Lipinski definition) is 5. The Morgan fingerprint density at radius 3 is 2.63 bits per heavy atom. The Hall–Kier alpha value is -2.62. The first-order valence-electron chi connectivity index (χ1n) is 8.28. The van der Waals surface area contributed by atoms with Crippen molar-refractivity contribution in [3.8, 4) is 5.75 Å². The monoisotopic (exact) mass is 387 g/mol. The Balaban J connectivity index is 2.26. The van der Waals surface area contributed by atoms with Crippen LogP contribution in [-0.4, -0.2) is 46.7 Å². The number of nitrogens with zero attached hydrogens (tertiary/aromatic N) is 2. The van der Waals surface area contributed by atoms with Crippen LogP contribution in [0.5, 0.6) is 5.75 Å². The van der Waals surface area contributed by atoms with Crippen molar-refractivity contribution in [2.24, 2.45) is 5.10 Å². The minimum absolute atomic E-state index is 0.00937. The molecular formula is C17H20F3N3O4. The number of carbonyl (C=O) groups is 2. The largest absolute Gasteiger partial charge is 0.495 e. The summed E-state index contributed by atoms with van der Waals surface area (Å²) >= 11 is 0. The van der Waals surface area contributed by atoms with E-state index in [4.69, 9.17) is 4.74 Å². The molecule has 0 radical (unpaired) electrons. The van der Waals surface area contributed by atoms with Gasteiger partial charge in [-0.1, -0.05) is 25.5 Å². The molecule has 7 nitrogen and oxygen atoms in total. The molecule has 10 heteroatoms. The second kappa shape index (κ2) is 7.95. The molecule has 2 rings (SSSR count). The number of carbonyl (C=O) groups excluding carboxylic acids is 2. The first kappa shape index (κ1) is 20.7. The van der Waals surface area contributed by atoms with E-state index in [1.54, 1.807) is 12.1 Å². The van der Waals surface area contributed by atoms with Gasteiger partial charge in [-0.3, -0.25) is 9.59 Å². The number of ether oxygens (including phenoxy) is 1. The molecule has 1 atom stereocenters. The van der Waals surface area contributed by atoms with E-state index in [-0.39, 0.29) is 28.6 Å². The van der Waals surface area contributed by atoms with Gasteiger partial charge in [-0.05, 0) is 25.0 Å². The van der Waals surface area contributed by atoms with Crippen LogP contribution in [0, 0.1) is 0 Å². The third kappa shape index (κ3) is 4.21. The zero-order valence-electron chi connectivity index (χ0n) is 14.8. The van der Waals surface area contributed by atoms with Gasteiger partial charge in [0.25, 0.3) is 5.72 Å². The summed E-state index contributed by atoms with van der Waals surface area (Å²) in [6, 6.07) is 6.08. The highest BCUT2D eigenvalue weighted by molar-refractivity contribution is 6.40. The zero-order valence-corrected chi connectivity index (χ0v) is 14.8. The summed E-state index contributed by atoms with van der Waals surface area (Å²) in [5, 5.41) is 15.7. The molecule has 0 saturated heterocycles. The van der Waals surface area contributed by atoms with Crippen LogP contribution in [0.3, 0.4) is 0 Å². The van der Waals surface area contributed by atoms with Crippen molar-refractivity contribution in [3.63, 3.8) is 0 Å². The van der Waals surface area contributed by atoms with Gasteiger partial charge in [0.1, 0.15) is 5.75 Å². The number of alkyl halides is 3. The lowest BCUT2D eigenvalue weighted by Gasteiger charge is -2.32. The van der Waals surface area contributed by atoms with Gasteiger partial charge >= 0.3 is 18.0 Å². The van der Waals surface area contributed by atoms with Crippen molar-refractivity contribution in [1.29, 1.82) is 0 Å². The lowest BCUT2D eigenvalue weighted by Crippen LogP contribution is -2.58. The number of anilines is 1. The number of amides is 2. The van der Waals surface area contributed by atoms with Crippen LogP contribution < -0.4 is 10.1 Å². The van der Waals surface area contributed by atoms with Crippen molar-refractivity contribution < 1.29 is 32.6 Å². The quantitative estimate of drug-likeness (QED) is 0.760. The fraction of sp³-hybridized carbons (Fsp3) is 0.471. The standard InChI is InChI=1S/C17H20F3N3O4/c1-3-4-7-11-10-16(26,17(18,19)20)23(22-11)15(25)14(24)21-12-8-5-6-9-13(12)27-2/h5-6,8-9,26H,3-4,7,10H2,1-2H3,(H,21,24)/t16-/m1/s1. The molecule has 27 heavy (non-hydrogen) atoms. The number of hydrazone groups is 1. The van der Waals surface area contributed by atoms with Crippen molar-refractivity contribution in [2.45, 2.75) is 44.5 Å². The minimum atomic E-state index is -5.18. The highest BCUT2D eigenvalue weighted by Gasteiger charge is 2.63. The van der Waals surface area contributed by atoms with Gasteiger partial charge in [-0.25, -0.2) is 0 Å². The van der Waals surface area contributed by atoms with Crippen LogP contribution in [0.15, 0.2) is 29.4 Å². The van der Waals surface area contributed by atoms with Crippen LogP contribution >= 0.6 is 0 Å². The van der Waals surface area contributed by atoms with E-state index in [1.165, 1.54) is 19.2 Å². The van der Waals surface area contributed by atoms with E-state index in [9.17, 15) is 27.9 Å². The second-order valence-corrected chi connectivity index (χ2v) is 6.03. The molecule has 1 heterocycles. The number of benzene rings is 1. The molecule has 1 aliphatic heterocycles. The first-order valence-corrected chi connectivity index (χ1v) is 8.28. The molecule has 0 aliphatic carbocycles. The van der Waals surface area contributed by atoms with Gasteiger partial charge in [-0.15, -0.1) is 0 Å². The van der Waals surface area contributed by atoms with Gasteiger partial charge in [0.15, 0.2) is 0 Å². The lowest BCUT2D eigenvalue weighted by atomic mass is 10.0. The minimum Gasteiger partial charge on any atom is -0.495 e. The number of para-hydroxylation sites is 2.